The molecule has 0 saturated carbocycles. The molecule has 136 valence electrons. The summed E-state index contributed by atoms with van der Waals surface area (Å²) in [7, 11) is -3.82. The average Bonchev–Trinajstić information content (AvgIpc) is 2.45. The topological polar surface area (TPSA) is 90.8 Å². The molecule has 0 aromatic rings. The highest BCUT2D eigenvalue weighted by atomic mass is 31.2. The van der Waals surface area contributed by atoms with Gasteiger partial charge in [0.05, 0.1) is 13.2 Å². The molecule has 0 aliphatic rings. The lowest BCUT2D eigenvalue weighted by Gasteiger charge is -2.12. The summed E-state index contributed by atoms with van der Waals surface area (Å²) in [6.07, 6.45) is 13.6. The van der Waals surface area contributed by atoms with Crippen LogP contribution in [0.25, 0.3) is 0 Å². The van der Waals surface area contributed by atoms with Crippen LogP contribution < -0.4 is 6.15 Å². The van der Waals surface area contributed by atoms with Crippen LogP contribution in [0, 0.1) is 0 Å². The monoisotopic (exact) mass is 339 g/mol. The number of hydrogen-bond acceptors (Lipinski definition) is 4. The molecule has 5 nitrogen and oxygen atoms in total. The third-order valence-electron chi connectivity index (χ3n) is 3.50. The maximum absolute atomic E-state index is 11.6. The summed E-state index contributed by atoms with van der Waals surface area (Å²) in [4.78, 5) is 9.51. The average molecular weight is 339 g/mol. The van der Waals surface area contributed by atoms with Crippen LogP contribution >= 0.6 is 7.82 Å². The standard InChI is InChI=1S/C16H35O4P.H3N/c1-3-5-7-9-11-13-15-19-21(17,18)20-16-14-12-10-8-6-4-2;/h3-16H2,1-2H3,(H,17,18);1H3. The summed E-state index contributed by atoms with van der Waals surface area (Å²) in [6.45, 7) is 5.01. The first kappa shape index (κ1) is 24.3. The fourth-order valence-electron chi connectivity index (χ4n) is 2.16. The molecule has 0 bridgehead atoms. The molecule has 6 heteroatoms. The Bertz CT molecular complexity index is 243. The minimum Gasteiger partial charge on any atom is -0.344 e. The lowest BCUT2D eigenvalue weighted by Crippen LogP contribution is -1.99. The summed E-state index contributed by atoms with van der Waals surface area (Å²) in [5.74, 6) is 0. The zero-order chi connectivity index (χ0) is 15.8. The third-order valence-corrected chi connectivity index (χ3v) is 4.52. The first-order chi connectivity index (χ1) is 10.1. The number of phosphoric ester groups is 1. The molecule has 0 aromatic carbocycles. The largest absolute Gasteiger partial charge is 0.472 e. The van der Waals surface area contributed by atoms with Crippen LogP contribution in [0.3, 0.4) is 0 Å². The van der Waals surface area contributed by atoms with E-state index in [0.29, 0.717) is 13.2 Å². The third kappa shape index (κ3) is 18.1. The summed E-state index contributed by atoms with van der Waals surface area (Å²) >= 11 is 0. The van der Waals surface area contributed by atoms with Crippen LogP contribution in [-0.4, -0.2) is 18.1 Å². The Kier molecular flexibility index (Phi) is 19.3. The molecule has 0 amide bonds. The van der Waals surface area contributed by atoms with Crippen LogP contribution in [0.4, 0.5) is 0 Å². The highest BCUT2D eigenvalue weighted by Gasteiger charge is 2.19. The van der Waals surface area contributed by atoms with E-state index in [0.717, 1.165) is 25.7 Å². The number of phosphoric acid groups is 1. The van der Waals surface area contributed by atoms with E-state index in [1.54, 1.807) is 0 Å². The molecule has 0 saturated heterocycles. The van der Waals surface area contributed by atoms with Crippen LogP contribution in [0.2, 0.25) is 0 Å². The predicted octanol–water partition coefficient (Wildman–Crippen LogP) is 6.00. The van der Waals surface area contributed by atoms with Crippen LogP contribution in [0.5, 0.6) is 0 Å². The second-order valence-corrected chi connectivity index (χ2v) is 7.12. The molecule has 4 N–H and O–H groups in total. The molecule has 0 unspecified atom stereocenters. The van der Waals surface area contributed by atoms with Crippen LogP contribution in [0.1, 0.15) is 90.9 Å². The first-order valence-electron chi connectivity index (χ1n) is 8.74. The SMILES string of the molecule is CCCCCCCCOP(=O)(O)OCCCCCCCC.N. The Morgan fingerprint density at radius 3 is 1.36 bits per heavy atom. The lowest BCUT2D eigenvalue weighted by molar-refractivity contribution is 0.145. The molecular formula is C16H38NO4P. The fourth-order valence-corrected chi connectivity index (χ4v) is 2.96. The van der Waals surface area contributed by atoms with E-state index in [1.165, 1.54) is 51.4 Å². The summed E-state index contributed by atoms with van der Waals surface area (Å²) in [6, 6.07) is 0. The van der Waals surface area contributed by atoms with E-state index in [9.17, 15) is 9.46 Å². The van der Waals surface area contributed by atoms with Crippen molar-refractivity contribution in [3.63, 3.8) is 0 Å². The van der Waals surface area contributed by atoms with Gasteiger partial charge in [0.1, 0.15) is 0 Å². The number of unbranched alkanes of at least 4 members (excludes halogenated alkanes) is 10. The minimum atomic E-state index is -3.82. The molecular weight excluding hydrogens is 301 g/mol. The van der Waals surface area contributed by atoms with Crippen molar-refractivity contribution < 1.29 is 18.5 Å². The van der Waals surface area contributed by atoms with Crippen molar-refractivity contribution in [2.24, 2.45) is 0 Å². The predicted molar refractivity (Wildman–Crippen MR) is 93.5 cm³/mol. The van der Waals surface area contributed by atoms with Crippen molar-refractivity contribution in [3.8, 4) is 0 Å². The smallest absolute Gasteiger partial charge is 0.344 e. The van der Waals surface area contributed by atoms with Crippen molar-refractivity contribution in [2.75, 3.05) is 13.2 Å². The highest BCUT2D eigenvalue weighted by molar-refractivity contribution is 7.47. The van der Waals surface area contributed by atoms with Gasteiger partial charge in [-0.05, 0) is 12.8 Å². The molecule has 0 aromatic heterocycles. The van der Waals surface area contributed by atoms with E-state index >= 15 is 0 Å². The Labute approximate surface area is 137 Å². The maximum atomic E-state index is 11.6. The van der Waals surface area contributed by atoms with Gasteiger partial charge in [-0.25, -0.2) is 4.57 Å². The van der Waals surface area contributed by atoms with Gasteiger partial charge in [-0.2, -0.15) is 0 Å². The van der Waals surface area contributed by atoms with Gasteiger partial charge >= 0.3 is 7.82 Å². The molecule has 0 atom stereocenters. The molecule has 0 heterocycles. The summed E-state index contributed by atoms with van der Waals surface area (Å²) < 4.78 is 21.5. The van der Waals surface area contributed by atoms with Gasteiger partial charge in [0.2, 0.25) is 0 Å². The zero-order valence-electron chi connectivity index (χ0n) is 14.7. The van der Waals surface area contributed by atoms with Crippen LogP contribution in [-0.2, 0) is 13.6 Å². The Hall–Kier alpha value is 0.0700. The molecule has 0 aliphatic carbocycles. The van der Waals surface area contributed by atoms with Crippen molar-refractivity contribution >= 4 is 7.82 Å². The van der Waals surface area contributed by atoms with E-state index in [4.69, 9.17) is 9.05 Å². The summed E-state index contributed by atoms with van der Waals surface area (Å²) in [5, 5.41) is 0. The minimum absolute atomic E-state index is 0. The first-order valence-corrected chi connectivity index (χ1v) is 10.2. The van der Waals surface area contributed by atoms with Gasteiger partial charge in [-0.1, -0.05) is 78.1 Å². The summed E-state index contributed by atoms with van der Waals surface area (Å²) in [5.41, 5.74) is 0. The van der Waals surface area contributed by atoms with Gasteiger partial charge in [-0.15, -0.1) is 0 Å². The molecule has 0 spiro atoms. The number of rotatable bonds is 16. The Balaban J connectivity index is 0. The van der Waals surface area contributed by atoms with Crippen LogP contribution in [0.15, 0.2) is 0 Å². The fraction of sp³-hybridized carbons (Fsp3) is 1.00. The van der Waals surface area contributed by atoms with Gasteiger partial charge < -0.3 is 11.0 Å². The van der Waals surface area contributed by atoms with E-state index in [-0.39, 0.29) is 6.15 Å². The second kappa shape index (κ2) is 17.4. The Morgan fingerprint density at radius 1 is 0.682 bits per heavy atom. The maximum Gasteiger partial charge on any atom is 0.472 e. The molecule has 0 fully saturated rings. The van der Waals surface area contributed by atoms with Gasteiger partial charge in [0.15, 0.2) is 0 Å². The Morgan fingerprint density at radius 2 is 1.00 bits per heavy atom. The quantitative estimate of drug-likeness (QED) is 0.266. The molecule has 0 aliphatic heterocycles. The van der Waals surface area contributed by atoms with E-state index < -0.39 is 7.82 Å². The number of hydrogen-bond donors (Lipinski definition) is 2. The zero-order valence-corrected chi connectivity index (χ0v) is 15.6. The van der Waals surface area contributed by atoms with E-state index in [2.05, 4.69) is 13.8 Å². The lowest BCUT2D eigenvalue weighted by atomic mass is 10.1. The normalized spacial score (nSPS) is 11.4. The van der Waals surface area contributed by atoms with E-state index in [1.807, 2.05) is 0 Å². The van der Waals surface area contributed by atoms with Gasteiger partial charge in [-0.3, -0.25) is 9.05 Å². The van der Waals surface area contributed by atoms with Gasteiger partial charge in [0.25, 0.3) is 0 Å². The second-order valence-electron chi connectivity index (χ2n) is 5.67. The molecule has 0 radical (unpaired) electrons. The molecule has 0 rings (SSSR count). The van der Waals surface area contributed by atoms with Crippen molar-refractivity contribution in [3.05, 3.63) is 0 Å². The van der Waals surface area contributed by atoms with Crippen molar-refractivity contribution in [1.29, 1.82) is 0 Å². The van der Waals surface area contributed by atoms with Gasteiger partial charge in [0, 0.05) is 0 Å². The van der Waals surface area contributed by atoms with Crippen molar-refractivity contribution in [2.45, 2.75) is 90.9 Å². The highest BCUT2D eigenvalue weighted by Crippen LogP contribution is 2.43. The van der Waals surface area contributed by atoms with Crippen molar-refractivity contribution in [1.82, 2.24) is 6.15 Å². The molecule has 22 heavy (non-hydrogen) atoms.